The number of aliphatic hydroxyl groups is 1. The van der Waals surface area contributed by atoms with Crippen LogP contribution in [0.3, 0.4) is 0 Å². The van der Waals surface area contributed by atoms with Gasteiger partial charge in [0, 0.05) is 56.9 Å². The van der Waals surface area contributed by atoms with E-state index < -0.39 is 5.82 Å². The maximum atomic E-state index is 14.0. The first kappa shape index (κ1) is 27.6. The molecule has 1 fully saturated rings. The molecule has 1 atom stereocenters. The van der Waals surface area contributed by atoms with Gasteiger partial charge in [-0.2, -0.15) is 0 Å². The summed E-state index contributed by atoms with van der Waals surface area (Å²) >= 11 is 6.58. The van der Waals surface area contributed by atoms with Crippen molar-refractivity contribution in [3.05, 3.63) is 70.4 Å². The van der Waals surface area contributed by atoms with Gasteiger partial charge in [0.25, 0.3) is 5.91 Å². The molecule has 208 valence electrons. The second kappa shape index (κ2) is 12.0. The molecule has 0 unspecified atom stereocenters. The largest absolute Gasteiger partial charge is 0.392 e. The quantitative estimate of drug-likeness (QED) is 0.391. The van der Waals surface area contributed by atoms with Crippen LogP contribution < -0.4 is 5.32 Å². The van der Waals surface area contributed by atoms with Crippen molar-refractivity contribution >= 4 is 23.3 Å². The van der Waals surface area contributed by atoms with E-state index in [0.29, 0.717) is 47.1 Å². The van der Waals surface area contributed by atoms with Gasteiger partial charge >= 0.3 is 0 Å². The number of nitrogens with zero attached hydrogens (tertiary/aromatic N) is 3. The Balaban J connectivity index is 1.40. The average Bonchev–Trinajstić information content (AvgIpc) is 3.37. The third kappa shape index (κ3) is 5.96. The summed E-state index contributed by atoms with van der Waals surface area (Å²) in [5.74, 6) is 0.137. The summed E-state index contributed by atoms with van der Waals surface area (Å²) in [6, 6.07) is 8.05. The number of hydrogen-bond donors (Lipinski definition) is 2. The number of benzene rings is 1. The summed E-state index contributed by atoms with van der Waals surface area (Å²) in [5.41, 5.74) is 3.27. The van der Waals surface area contributed by atoms with Gasteiger partial charge in [-0.3, -0.25) is 4.79 Å². The van der Waals surface area contributed by atoms with Crippen LogP contribution in [-0.2, 0) is 29.2 Å². The van der Waals surface area contributed by atoms with Crippen LogP contribution in [0.1, 0.15) is 47.3 Å². The molecule has 0 bridgehead atoms. The lowest BCUT2D eigenvalue weighted by Gasteiger charge is -2.36. The third-order valence-corrected chi connectivity index (χ3v) is 8.09. The van der Waals surface area contributed by atoms with E-state index in [1.165, 1.54) is 12.1 Å². The van der Waals surface area contributed by atoms with Crippen LogP contribution in [0.15, 0.2) is 42.7 Å². The van der Waals surface area contributed by atoms with E-state index >= 15 is 0 Å². The molecule has 0 spiro atoms. The molecule has 39 heavy (non-hydrogen) atoms. The van der Waals surface area contributed by atoms with Crippen molar-refractivity contribution in [2.45, 2.75) is 63.6 Å². The molecule has 0 radical (unpaired) electrons. The molecule has 1 aliphatic heterocycles. The van der Waals surface area contributed by atoms with Gasteiger partial charge < -0.3 is 29.4 Å². The Morgan fingerprint density at radius 3 is 2.67 bits per heavy atom. The topological polar surface area (TPSA) is 88.8 Å². The van der Waals surface area contributed by atoms with Gasteiger partial charge in [0.2, 0.25) is 0 Å². The number of aromatic nitrogens is 2. The molecular weight excluding hydrogens is 523 g/mol. The van der Waals surface area contributed by atoms with E-state index in [-0.39, 0.29) is 25.1 Å². The zero-order valence-electron chi connectivity index (χ0n) is 22.2. The van der Waals surface area contributed by atoms with Gasteiger partial charge in [-0.1, -0.05) is 17.7 Å². The van der Waals surface area contributed by atoms with Gasteiger partial charge in [-0.25, -0.2) is 9.37 Å². The zero-order valence-corrected chi connectivity index (χ0v) is 23.0. The number of methoxy groups -OCH3 is 2. The van der Waals surface area contributed by atoms with E-state index in [4.69, 9.17) is 21.1 Å². The Bertz CT molecular complexity index is 1320. The predicted molar refractivity (Wildman–Crippen MR) is 147 cm³/mol. The van der Waals surface area contributed by atoms with E-state index in [2.05, 4.69) is 10.3 Å². The van der Waals surface area contributed by atoms with Crippen molar-refractivity contribution in [3.63, 3.8) is 0 Å². The average molecular weight is 557 g/mol. The highest BCUT2D eigenvalue weighted by molar-refractivity contribution is 6.33. The summed E-state index contributed by atoms with van der Waals surface area (Å²) in [4.78, 5) is 19.9. The fourth-order valence-corrected chi connectivity index (χ4v) is 5.85. The first-order valence-electron chi connectivity index (χ1n) is 13.2. The number of carbonyl (C=O) groups is 1. The molecule has 3 heterocycles. The predicted octanol–water partition coefficient (Wildman–Crippen LogP) is 4.88. The normalized spacial score (nSPS) is 21.2. The van der Waals surface area contributed by atoms with E-state index in [9.17, 15) is 14.3 Å². The van der Waals surface area contributed by atoms with E-state index in [1.807, 2.05) is 22.9 Å². The molecule has 1 saturated carbocycles. The second-order valence-electron chi connectivity index (χ2n) is 10.3. The highest BCUT2D eigenvalue weighted by Crippen LogP contribution is 2.34. The number of nitrogens with one attached hydrogen (secondary N) is 1. The van der Waals surface area contributed by atoms with Gasteiger partial charge in [0.1, 0.15) is 17.3 Å². The van der Waals surface area contributed by atoms with Crippen molar-refractivity contribution in [2.24, 2.45) is 0 Å². The zero-order chi connectivity index (χ0) is 27.5. The number of rotatable bonds is 9. The van der Waals surface area contributed by atoms with Crippen molar-refractivity contribution in [3.8, 4) is 11.1 Å². The number of halogens is 2. The molecule has 0 saturated heterocycles. The Hall–Kier alpha value is -2.98. The number of amides is 1. The molecule has 2 aromatic heterocycles. The molecule has 3 aromatic rings. The molecule has 1 aromatic carbocycles. The highest BCUT2D eigenvalue weighted by atomic mass is 35.5. The molecule has 2 aliphatic rings. The number of pyridine rings is 1. The SMILES string of the molecule is COC[C@H]1Cn2cc(-c3cc(NC4CCC(OC)CC4)ncc3Cl)cc2C(=O)N1Cc1cc(F)ccc1CO. The minimum atomic E-state index is -0.413. The summed E-state index contributed by atoms with van der Waals surface area (Å²) in [6.45, 7) is 0.751. The molecule has 10 heteroatoms. The van der Waals surface area contributed by atoms with Crippen LogP contribution in [0.25, 0.3) is 11.1 Å². The standard InChI is InChI=1S/C29H34ClFN4O4/c1-38-17-23-15-34-13-20(10-27(34)29(37)35(23)14-19-9-21(31)4-3-18(19)16-36)25-11-28(32-12-26(25)30)33-22-5-7-24(39-2)8-6-22/h3-4,9-13,22-24,36H,5-8,14-17H2,1-2H3,(H,32,33)/t22?,23-,24?/m1/s1. The molecular formula is C29H34ClFN4O4. The van der Waals surface area contributed by atoms with Crippen molar-refractivity contribution < 1.29 is 23.8 Å². The minimum absolute atomic E-state index is 0.163. The fourth-order valence-electron chi connectivity index (χ4n) is 5.63. The fraction of sp³-hybridized carbons (Fsp3) is 0.448. The maximum Gasteiger partial charge on any atom is 0.271 e. The lowest BCUT2D eigenvalue weighted by atomic mass is 9.93. The summed E-state index contributed by atoms with van der Waals surface area (Å²) in [7, 11) is 3.35. The molecule has 1 aliphatic carbocycles. The number of ether oxygens (including phenoxy) is 2. The smallest absolute Gasteiger partial charge is 0.271 e. The maximum absolute atomic E-state index is 14.0. The van der Waals surface area contributed by atoms with Gasteiger partial charge in [0.15, 0.2) is 0 Å². The van der Waals surface area contributed by atoms with Gasteiger partial charge in [-0.05, 0) is 61.1 Å². The van der Waals surface area contributed by atoms with Gasteiger partial charge in [-0.15, -0.1) is 0 Å². The Kier molecular flexibility index (Phi) is 8.52. The van der Waals surface area contributed by atoms with Crippen LogP contribution in [-0.4, -0.2) is 64.5 Å². The minimum Gasteiger partial charge on any atom is -0.392 e. The third-order valence-electron chi connectivity index (χ3n) is 7.79. The molecule has 8 nitrogen and oxygen atoms in total. The van der Waals surface area contributed by atoms with Gasteiger partial charge in [0.05, 0.1) is 30.4 Å². The lowest BCUT2D eigenvalue weighted by molar-refractivity contribution is 0.0386. The first-order valence-corrected chi connectivity index (χ1v) is 13.6. The number of fused-ring (bicyclic) bond motifs is 1. The monoisotopic (exact) mass is 556 g/mol. The number of hydrogen-bond acceptors (Lipinski definition) is 6. The van der Waals surface area contributed by atoms with Crippen LogP contribution in [0.5, 0.6) is 0 Å². The van der Waals surface area contributed by atoms with Crippen molar-refractivity contribution in [1.29, 1.82) is 0 Å². The van der Waals surface area contributed by atoms with Crippen molar-refractivity contribution in [1.82, 2.24) is 14.5 Å². The molecule has 5 rings (SSSR count). The molecule has 1 amide bonds. The van der Waals surface area contributed by atoms with E-state index in [0.717, 1.165) is 42.6 Å². The summed E-state index contributed by atoms with van der Waals surface area (Å²) < 4.78 is 26.9. The van der Waals surface area contributed by atoms with Crippen LogP contribution >= 0.6 is 11.6 Å². The van der Waals surface area contributed by atoms with Crippen LogP contribution in [0.4, 0.5) is 10.2 Å². The Labute approximate surface area is 232 Å². The number of carbonyl (C=O) groups excluding carboxylic acids is 1. The Morgan fingerprint density at radius 2 is 1.95 bits per heavy atom. The van der Waals surface area contributed by atoms with Crippen LogP contribution in [0.2, 0.25) is 5.02 Å². The lowest BCUT2D eigenvalue weighted by Crippen LogP contribution is -2.49. The van der Waals surface area contributed by atoms with Crippen molar-refractivity contribution in [2.75, 3.05) is 26.1 Å². The Morgan fingerprint density at radius 1 is 1.15 bits per heavy atom. The molecule has 2 N–H and O–H groups in total. The first-order chi connectivity index (χ1) is 18.9. The summed E-state index contributed by atoms with van der Waals surface area (Å²) in [6.07, 6.45) is 7.93. The van der Waals surface area contributed by atoms with Crippen LogP contribution in [0, 0.1) is 5.82 Å². The second-order valence-corrected chi connectivity index (χ2v) is 10.7. The summed E-state index contributed by atoms with van der Waals surface area (Å²) in [5, 5.41) is 13.8. The van der Waals surface area contributed by atoms with E-state index in [1.54, 1.807) is 31.4 Å². The number of aliphatic hydroxyl groups excluding tert-OH is 1. The number of anilines is 1. The highest BCUT2D eigenvalue weighted by Gasteiger charge is 2.34.